The average molecular weight is 292 g/mol. The molecule has 0 spiro atoms. The van der Waals surface area contributed by atoms with E-state index in [1.54, 1.807) is 0 Å². The zero-order chi connectivity index (χ0) is 14.5. The van der Waals surface area contributed by atoms with Crippen LogP contribution in [0.3, 0.4) is 0 Å². The highest BCUT2D eigenvalue weighted by atomic mass is 32.1. The lowest BCUT2D eigenvalue weighted by atomic mass is 10.2. The van der Waals surface area contributed by atoms with E-state index in [2.05, 4.69) is 19.9 Å². The molecule has 0 radical (unpaired) electrons. The molecule has 7 nitrogen and oxygen atoms in total. The van der Waals surface area contributed by atoms with E-state index in [0.717, 1.165) is 18.0 Å². The molecule has 2 rings (SSSR count). The second-order valence-electron chi connectivity index (χ2n) is 3.98. The van der Waals surface area contributed by atoms with Crippen LogP contribution in [-0.4, -0.2) is 31.6 Å². The van der Waals surface area contributed by atoms with Crippen molar-refractivity contribution in [2.24, 2.45) is 0 Å². The molecule has 0 fully saturated rings. The maximum atomic E-state index is 12.1. The number of pyridine rings is 1. The summed E-state index contributed by atoms with van der Waals surface area (Å²) in [6.07, 6.45) is 4.15. The van der Waals surface area contributed by atoms with Gasteiger partial charge in [0.15, 0.2) is 0 Å². The first kappa shape index (κ1) is 14.1. The second kappa shape index (κ2) is 6.20. The zero-order valence-electron chi connectivity index (χ0n) is 10.7. The van der Waals surface area contributed by atoms with Gasteiger partial charge in [0.2, 0.25) is 0 Å². The Morgan fingerprint density at radius 1 is 1.45 bits per heavy atom. The monoisotopic (exact) mass is 292 g/mol. The highest BCUT2D eigenvalue weighted by Gasteiger charge is 2.18. The molecule has 0 saturated carbocycles. The normalized spacial score (nSPS) is 10.2. The fraction of sp³-hybridized carbons (Fsp3) is 0.250. The lowest BCUT2D eigenvalue weighted by molar-refractivity contribution is 0.0698. The molecule has 0 aromatic carbocycles. The number of aryl methyl sites for hydroxylation is 1. The molecule has 0 aliphatic carbocycles. The molecule has 2 aromatic heterocycles. The summed E-state index contributed by atoms with van der Waals surface area (Å²) in [4.78, 5) is 27.4. The Kier molecular flexibility index (Phi) is 4.36. The Bertz CT molecular complexity index is 641. The minimum Gasteiger partial charge on any atom is -0.478 e. The van der Waals surface area contributed by atoms with Crippen LogP contribution in [0.25, 0.3) is 0 Å². The van der Waals surface area contributed by atoms with Crippen LogP contribution in [0.4, 0.5) is 5.69 Å². The second-order valence-corrected chi connectivity index (χ2v) is 4.73. The quantitative estimate of drug-likeness (QED) is 0.871. The molecule has 0 unspecified atom stereocenters. The van der Waals surface area contributed by atoms with Crippen molar-refractivity contribution in [1.82, 2.24) is 14.6 Å². The van der Waals surface area contributed by atoms with Gasteiger partial charge in [-0.25, -0.2) is 4.79 Å². The van der Waals surface area contributed by atoms with Crippen LogP contribution in [0.1, 0.15) is 39.1 Å². The molecule has 0 aliphatic heterocycles. The Labute approximate surface area is 118 Å². The summed E-state index contributed by atoms with van der Waals surface area (Å²) in [5.74, 6) is -1.54. The summed E-state index contributed by atoms with van der Waals surface area (Å²) in [6.45, 7) is 1.98. The number of carboxylic acids is 1. The maximum absolute atomic E-state index is 12.1. The molecule has 104 valence electrons. The SMILES string of the molecule is CCCc1nnsc1C(=O)Nc1cnccc1C(=O)O. The topological polar surface area (TPSA) is 105 Å². The molecule has 0 aliphatic rings. The van der Waals surface area contributed by atoms with Gasteiger partial charge in [-0.05, 0) is 24.0 Å². The maximum Gasteiger partial charge on any atom is 0.337 e. The Morgan fingerprint density at radius 2 is 2.25 bits per heavy atom. The molecule has 2 N–H and O–H groups in total. The standard InChI is InChI=1S/C12H12N4O3S/c1-2-3-8-10(20-16-15-8)11(17)14-9-6-13-5-4-7(9)12(18)19/h4-6H,2-3H2,1H3,(H,14,17)(H,18,19). The van der Waals surface area contributed by atoms with Crippen LogP contribution < -0.4 is 5.32 Å². The molecular weight excluding hydrogens is 280 g/mol. The van der Waals surface area contributed by atoms with Crippen molar-refractivity contribution in [3.63, 3.8) is 0 Å². The van der Waals surface area contributed by atoms with Crippen molar-refractivity contribution in [2.45, 2.75) is 19.8 Å². The van der Waals surface area contributed by atoms with E-state index < -0.39 is 11.9 Å². The van der Waals surface area contributed by atoms with E-state index >= 15 is 0 Å². The molecular formula is C12H12N4O3S. The van der Waals surface area contributed by atoms with Gasteiger partial charge in [0.1, 0.15) is 4.88 Å². The number of aromatic nitrogens is 3. The summed E-state index contributed by atoms with van der Waals surface area (Å²) in [5.41, 5.74) is 0.763. The largest absolute Gasteiger partial charge is 0.478 e. The van der Waals surface area contributed by atoms with Gasteiger partial charge in [-0.2, -0.15) is 0 Å². The fourth-order valence-corrected chi connectivity index (χ4v) is 2.24. The van der Waals surface area contributed by atoms with Crippen molar-refractivity contribution in [3.05, 3.63) is 34.6 Å². The predicted octanol–water partition coefficient (Wildman–Crippen LogP) is 1.84. The summed E-state index contributed by atoms with van der Waals surface area (Å²) in [7, 11) is 0. The average Bonchev–Trinajstić information content (AvgIpc) is 2.88. The van der Waals surface area contributed by atoms with Gasteiger partial charge >= 0.3 is 5.97 Å². The number of carbonyl (C=O) groups is 2. The molecule has 0 saturated heterocycles. The number of hydrogen-bond donors (Lipinski definition) is 2. The van der Waals surface area contributed by atoms with Crippen LogP contribution in [0.5, 0.6) is 0 Å². The van der Waals surface area contributed by atoms with Crippen LogP contribution >= 0.6 is 11.5 Å². The number of carbonyl (C=O) groups excluding carboxylic acids is 1. The first-order valence-corrected chi connectivity index (χ1v) is 6.70. The van der Waals surface area contributed by atoms with Gasteiger partial charge < -0.3 is 10.4 Å². The number of carboxylic acid groups (broad SMARTS) is 1. The fourth-order valence-electron chi connectivity index (χ4n) is 1.64. The van der Waals surface area contributed by atoms with E-state index in [-0.39, 0.29) is 11.3 Å². The first-order valence-electron chi connectivity index (χ1n) is 5.93. The van der Waals surface area contributed by atoms with Crippen LogP contribution in [0.2, 0.25) is 0 Å². The van der Waals surface area contributed by atoms with E-state index in [1.165, 1.54) is 18.5 Å². The van der Waals surface area contributed by atoms with Gasteiger partial charge in [0.05, 0.1) is 23.1 Å². The van der Waals surface area contributed by atoms with Gasteiger partial charge in [-0.15, -0.1) is 5.10 Å². The van der Waals surface area contributed by atoms with Crippen LogP contribution in [0.15, 0.2) is 18.5 Å². The molecule has 1 amide bonds. The highest BCUT2D eigenvalue weighted by molar-refractivity contribution is 7.08. The summed E-state index contributed by atoms with van der Waals surface area (Å²) >= 11 is 0.990. The van der Waals surface area contributed by atoms with Gasteiger partial charge in [-0.1, -0.05) is 17.8 Å². The van der Waals surface area contributed by atoms with Crippen molar-refractivity contribution >= 4 is 29.1 Å². The number of nitrogens with one attached hydrogen (secondary N) is 1. The van der Waals surface area contributed by atoms with Crippen LogP contribution in [-0.2, 0) is 6.42 Å². The lowest BCUT2D eigenvalue weighted by Crippen LogP contribution is -2.15. The first-order chi connectivity index (χ1) is 9.63. The summed E-state index contributed by atoms with van der Waals surface area (Å²) in [6, 6.07) is 1.33. The summed E-state index contributed by atoms with van der Waals surface area (Å²) < 4.78 is 3.76. The van der Waals surface area contributed by atoms with Crippen LogP contribution in [0, 0.1) is 0 Å². The van der Waals surface area contributed by atoms with Gasteiger partial charge in [0, 0.05) is 6.20 Å². The number of anilines is 1. The molecule has 2 aromatic rings. The Balaban J connectivity index is 2.24. The van der Waals surface area contributed by atoms with Crippen molar-refractivity contribution in [1.29, 1.82) is 0 Å². The highest BCUT2D eigenvalue weighted by Crippen LogP contribution is 2.18. The smallest absolute Gasteiger partial charge is 0.337 e. The van der Waals surface area contributed by atoms with Crippen molar-refractivity contribution < 1.29 is 14.7 Å². The zero-order valence-corrected chi connectivity index (χ0v) is 11.5. The van der Waals surface area contributed by atoms with E-state index in [0.29, 0.717) is 17.0 Å². The number of amides is 1. The lowest BCUT2D eigenvalue weighted by Gasteiger charge is -2.06. The molecule has 8 heteroatoms. The number of nitrogens with zero attached hydrogens (tertiary/aromatic N) is 3. The van der Waals surface area contributed by atoms with Crippen molar-refractivity contribution in [2.75, 3.05) is 5.32 Å². The third-order valence-electron chi connectivity index (χ3n) is 2.55. The third-order valence-corrected chi connectivity index (χ3v) is 3.32. The van der Waals surface area contributed by atoms with E-state index in [1.807, 2.05) is 6.92 Å². The van der Waals surface area contributed by atoms with Gasteiger partial charge in [-0.3, -0.25) is 9.78 Å². The Hall–Kier alpha value is -2.35. The van der Waals surface area contributed by atoms with Crippen molar-refractivity contribution in [3.8, 4) is 0 Å². The van der Waals surface area contributed by atoms with E-state index in [9.17, 15) is 9.59 Å². The predicted molar refractivity (Wildman–Crippen MR) is 73.1 cm³/mol. The summed E-state index contributed by atoms with van der Waals surface area (Å²) in [5, 5.41) is 15.5. The molecule has 20 heavy (non-hydrogen) atoms. The number of aromatic carboxylic acids is 1. The molecule has 0 bridgehead atoms. The third kappa shape index (κ3) is 2.97. The minimum atomic E-state index is -1.13. The van der Waals surface area contributed by atoms with E-state index in [4.69, 9.17) is 5.11 Å². The molecule has 2 heterocycles. The van der Waals surface area contributed by atoms with Gasteiger partial charge in [0.25, 0.3) is 5.91 Å². The Morgan fingerprint density at radius 3 is 2.95 bits per heavy atom. The number of rotatable bonds is 5. The minimum absolute atomic E-state index is 0.0112. The number of hydrogen-bond acceptors (Lipinski definition) is 6. The molecule has 0 atom stereocenters.